The van der Waals surface area contributed by atoms with Crippen LogP contribution in [0.15, 0.2) is 30.3 Å². The lowest BCUT2D eigenvalue weighted by Crippen LogP contribution is -2.18. The molecule has 1 amide bonds. The zero-order valence-electron chi connectivity index (χ0n) is 7.32. The van der Waals surface area contributed by atoms with Gasteiger partial charge in [0.05, 0.1) is 6.07 Å². The van der Waals surface area contributed by atoms with Crippen molar-refractivity contribution in [2.24, 2.45) is 5.92 Å². The number of nitrogens with zero attached hydrogens (tertiary/aromatic N) is 1. The summed E-state index contributed by atoms with van der Waals surface area (Å²) in [7, 11) is 0. The van der Waals surface area contributed by atoms with Gasteiger partial charge in [-0.3, -0.25) is 4.79 Å². The Morgan fingerprint density at radius 2 is 2.08 bits per heavy atom. The van der Waals surface area contributed by atoms with Crippen molar-refractivity contribution in [3.8, 4) is 6.07 Å². The average molecular weight is 174 g/mol. The molecule has 3 heteroatoms. The van der Waals surface area contributed by atoms with Crippen LogP contribution >= 0.6 is 0 Å². The molecule has 1 unspecified atom stereocenters. The van der Waals surface area contributed by atoms with Crippen LogP contribution in [0.25, 0.3) is 0 Å². The summed E-state index contributed by atoms with van der Waals surface area (Å²) in [5, 5.41) is 11.1. The van der Waals surface area contributed by atoms with Crippen LogP contribution in [-0.2, 0) is 4.79 Å². The Morgan fingerprint density at radius 1 is 1.46 bits per heavy atom. The molecule has 0 radical (unpaired) electrons. The molecule has 0 heterocycles. The molecule has 0 saturated heterocycles. The number of para-hydroxylation sites is 1. The summed E-state index contributed by atoms with van der Waals surface area (Å²) in [6.45, 7) is 1.57. The maximum atomic E-state index is 11.2. The van der Waals surface area contributed by atoms with Gasteiger partial charge in [-0.1, -0.05) is 18.2 Å². The normalized spacial score (nSPS) is 11.4. The molecule has 0 saturated carbocycles. The number of carbonyl (C=O) groups is 1. The number of rotatable bonds is 2. The summed E-state index contributed by atoms with van der Waals surface area (Å²) in [5.41, 5.74) is 0.717. The van der Waals surface area contributed by atoms with Gasteiger partial charge in [-0.2, -0.15) is 5.26 Å². The van der Waals surface area contributed by atoms with Crippen molar-refractivity contribution in [3.63, 3.8) is 0 Å². The molecule has 0 aliphatic carbocycles. The quantitative estimate of drug-likeness (QED) is 0.743. The summed E-state index contributed by atoms with van der Waals surface area (Å²) in [4.78, 5) is 11.2. The predicted octanol–water partition coefficient (Wildman–Crippen LogP) is 1.78. The van der Waals surface area contributed by atoms with E-state index in [2.05, 4.69) is 5.32 Å². The second-order valence-electron chi connectivity index (χ2n) is 2.71. The Bertz CT molecular complexity index is 327. The molecule has 0 aliphatic heterocycles. The Hall–Kier alpha value is -1.82. The highest BCUT2D eigenvalue weighted by molar-refractivity contribution is 5.93. The van der Waals surface area contributed by atoms with E-state index in [-0.39, 0.29) is 5.91 Å². The molecular weight excluding hydrogens is 164 g/mol. The third-order valence-corrected chi connectivity index (χ3v) is 1.63. The number of anilines is 1. The lowest BCUT2D eigenvalue weighted by molar-refractivity contribution is -0.117. The fourth-order valence-electron chi connectivity index (χ4n) is 0.831. The fraction of sp³-hybridized carbons (Fsp3) is 0.200. The number of amides is 1. The molecule has 1 aromatic carbocycles. The van der Waals surface area contributed by atoms with Gasteiger partial charge in [0.15, 0.2) is 0 Å². The fourth-order valence-corrected chi connectivity index (χ4v) is 0.831. The van der Waals surface area contributed by atoms with E-state index in [0.29, 0.717) is 0 Å². The van der Waals surface area contributed by atoms with Crippen LogP contribution in [0.5, 0.6) is 0 Å². The average Bonchev–Trinajstić information content (AvgIpc) is 2.18. The smallest absolute Gasteiger partial charge is 0.241 e. The van der Waals surface area contributed by atoms with E-state index in [1.165, 1.54) is 0 Å². The Labute approximate surface area is 77.0 Å². The van der Waals surface area contributed by atoms with Gasteiger partial charge in [-0.05, 0) is 19.1 Å². The molecule has 0 spiro atoms. The number of hydrogen-bond donors (Lipinski definition) is 1. The molecular formula is C10H10N2O. The van der Waals surface area contributed by atoms with Gasteiger partial charge in [0, 0.05) is 5.69 Å². The summed E-state index contributed by atoms with van der Waals surface area (Å²) < 4.78 is 0. The SMILES string of the molecule is CC(C#N)C(=O)Nc1ccccc1. The third kappa shape index (κ3) is 2.60. The van der Waals surface area contributed by atoms with E-state index in [1.807, 2.05) is 24.3 Å². The lowest BCUT2D eigenvalue weighted by Gasteiger charge is -2.04. The van der Waals surface area contributed by atoms with Gasteiger partial charge in [-0.15, -0.1) is 0 Å². The van der Waals surface area contributed by atoms with Gasteiger partial charge in [0.25, 0.3) is 0 Å². The molecule has 1 N–H and O–H groups in total. The van der Waals surface area contributed by atoms with Crippen LogP contribution in [-0.4, -0.2) is 5.91 Å². The first-order valence-electron chi connectivity index (χ1n) is 3.99. The van der Waals surface area contributed by atoms with Crippen LogP contribution < -0.4 is 5.32 Å². The van der Waals surface area contributed by atoms with Crippen molar-refractivity contribution >= 4 is 11.6 Å². The van der Waals surface area contributed by atoms with Crippen molar-refractivity contribution in [1.29, 1.82) is 5.26 Å². The minimum absolute atomic E-state index is 0.270. The molecule has 1 rings (SSSR count). The Kier molecular flexibility index (Phi) is 3.04. The van der Waals surface area contributed by atoms with E-state index in [0.717, 1.165) is 5.69 Å². The summed E-state index contributed by atoms with van der Waals surface area (Å²) in [6, 6.07) is 10.9. The predicted molar refractivity (Wildman–Crippen MR) is 49.8 cm³/mol. The van der Waals surface area contributed by atoms with Crippen LogP contribution in [0.2, 0.25) is 0 Å². The van der Waals surface area contributed by atoms with Crippen molar-refractivity contribution in [2.75, 3.05) is 5.32 Å². The van der Waals surface area contributed by atoms with Gasteiger partial charge in [0.2, 0.25) is 5.91 Å². The molecule has 0 bridgehead atoms. The highest BCUT2D eigenvalue weighted by atomic mass is 16.1. The maximum absolute atomic E-state index is 11.2. The molecule has 13 heavy (non-hydrogen) atoms. The molecule has 66 valence electrons. The molecule has 0 fully saturated rings. The van der Waals surface area contributed by atoms with Gasteiger partial charge in [-0.25, -0.2) is 0 Å². The second-order valence-corrected chi connectivity index (χ2v) is 2.71. The van der Waals surface area contributed by atoms with Crippen LogP contribution in [0.1, 0.15) is 6.92 Å². The summed E-state index contributed by atoms with van der Waals surface area (Å²) in [5.74, 6) is -0.881. The lowest BCUT2D eigenvalue weighted by atomic mass is 10.2. The molecule has 0 aliphatic rings. The molecule has 1 aromatic rings. The standard InChI is InChI=1S/C10H10N2O/c1-8(7-11)10(13)12-9-5-3-2-4-6-9/h2-6,8H,1H3,(H,12,13). The van der Waals surface area contributed by atoms with Crippen molar-refractivity contribution in [2.45, 2.75) is 6.92 Å². The highest BCUT2D eigenvalue weighted by Crippen LogP contribution is 2.06. The summed E-state index contributed by atoms with van der Waals surface area (Å²) in [6.07, 6.45) is 0. The van der Waals surface area contributed by atoms with E-state index in [9.17, 15) is 4.79 Å². The van der Waals surface area contributed by atoms with Crippen LogP contribution in [0, 0.1) is 17.2 Å². The first-order chi connectivity index (χ1) is 6.24. The van der Waals surface area contributed by atoms with E-state index < -0.39 is 5.92 Å². The zero-order valence-corrected chi connectivity index (χ0v) is 7.32. The highest BCUT2D eigenvalue weighted by Gasteiger charge is 2.10. The number of carbonyl (C=O) groups excluding carboxylic acids is 1. The van der Waals surface area contributed by atoms with E-state index in [1.54, 1.807) is 19.1 Å². The van der Waals surface area contributed by atoms with Gasteiger partial charge >= 0.3 is 0 Å². The second kappa shape index (κ2) is 4.27. The van der Waals surface area contributed by atoms with Crippen molar-refractivity contribution < 1.29 is 4.79 Å². The molecule has 3 nitrogen and oxygen atoms in total. The monoisotopic (exact) mass is 174 g/mol. The van der Waals surface area contributed by atoms with Crippen LogP contribution in [0.3, 0.4) is 0 Å². The van der Waals surface area contributed by atoms with Crippen molar-refractivity contribution in [1.82, 2.24) is 0 Å². The minimum Gasteiger partial charge on any atom is -0.325 e. The van der Waals surface area contributed by atoms with E-state index >= 15 is 0 Å². The largest absolute Gasteiger partial charge is 0.325 e. The third-order valence-electron chi connectivity index (χ3n) is 1.63. The molecule has 1 atom stereocenters. The zero-order chi connectivity index (χ0) is 9.68. The molecule has 0 aromatic heterocycles. The number of nitriles is 1. The Balaban J connectivity index is 2.62. The number of nitrogens with one attached hydrogen (secondary N) is 1. The van der Waals surface area contributed by atoms with Crippen LogP contribution in [0.4, 0.5) is 5.69 Å². The number of benzene rings is 1. The minimum atomic E-state index is -0.611. The van der Waals surface area contributed by atoms with Gasteiger partial charge < -0.3 is 5.32 Å². The first kappa shape index (κ1) is 9.27. The number of hydrogen-bond acceptors (Lipinski definition) is 2. The maximum Gasteiger partial charge on any atom is 0.241 e. The summed E-state index contributed by atoms with van der Waals surface area (Å²) >= 11 is 0. The van der Waals surface area contributed by atoms with Crippen molar-refractivity contribution in [3.05, 3.63) is 30.3 Å². The van der Waals surface area contributed by atoms with Gasteiger partial charge in [0.1, 0.15) is 5.92 Å². The van der Waals surface area contributed by atoms with E-state index in [4.69, 9.17) is 5.26 Å². The Morgan fingerprint density at radius 3 is 2.62 bits per heavy atom. The topological polar surface area (TPSA) is 52.9 Å². The first-order valence-corrected chi connectivity index (χ1v) is 3.99.